The number of nitrogens with one attached hydrogen (secondary N) is 1. The van der Waals surface area contributed by atoms with Gasteiger partial charge in [0.05, 0.1) is 23.2 Å². The fraction of sp³-hybridized carbons (Fsp3) is 0.176. The van der Waals surface area contributed by atoms with E-state index in [9.17, 15) is 0 Å². The summed E-state index contributed by atoms with van der Waals surface area (Å²) in [7, 11) is 1.95. The van der Waals surface area contributed by atoms with Gasteiger partial charge < -0.3 is 4.98 Å². The van der Waals surface area contributed by atoms with Crippen LogP contribution in [0.3, 0.4) is 0 Å². The zero-order valence-corrected chi connectivity index (χ0v) is 13.2. The van der Waals surface area contributed by atoms with Crippen molar-refractivity contribution < 1.29 is 0 Å². The number of nitrogens with zero attached hydrogens (tertiary/aromatic N) is 5. The maximum atomic E-state index is 4.54. The quantitative estimate of drug-likeness (QED) is 0.618. The highest BCUT2D eigenvalue weighted by atomic mass is 15.3. The standard InChI is InChI=1S/C17H16N6/c1-10-15(11(2)23(3)22-10)14-8-12(4-6-18-14)13-5-7-19-17-16(13)20-9-21-17/h4-9H,1-3H3,(H,19,20,21). The largest absolute Gasteiger partial charge is 0.343 e. The SMILES string of the molecule is Cc1nn(C)c(C)c1-c1cc(-c2ccnc3nc[nH]c23)ccn1. The molecule has 6 heteroatoms. The molecular weight excluding hydrogens is 288 g/mol. The highest BCUT2D eigenvalue weighted by molar-refractivity contribution is 5.90. The van der Waals surface area contributed by atoms with E-state index in [4.69, 9.17) is 0 Å². The van der Waals surface area contributed by atoms with E-state index in [1.165, 1.54) is 0 Å². The molecule has 0 aliphatic heterocycles. The molecule has 4 heterocycles. The molecule has 0 aromatic carbocycles. The molecule has 0 fully saturated rings. The third-order valence-corrected chi connectivity index (χ3v) is 4.16. The molecule has 6 nitrogen and oxygen atoms in total. The lowest BCUT2D eigenvalue weighted by Crippen LogP contribution is -1.93. The predicted molar refractivity (Wildman–Crippen MR) is 88.8 cm³/mol. The monoisotopic (exact) mass is 304 g/mol. The van der Waals surface area contributed by atoms with E-state index in [1.54, 1.807) is 12.5 Å². The van der Waals surface area contributed by atoms with Crippen LogP contribution >= 0.6 is 0 Å². The first-order chi connectivity index (χ1) is 11.1. The van der Waals surface area contributed by atoms with Gasteiger partial charge in [0.25, 0.3) is 0 Å². The zero-order valence-electron chi connectivity index (χ0n) is 13.2. The lowest BCUT2D eigenvalue weighted by atomic mass is 10.0. The second-order valence-electron chi connectivity index (χ2n) is 5.56. The number of H-pyrrole nitrogens is 1. The van der Waals surface area contributed by atoms with Crippen LogP contribution in [0.2, 0.25) is 0 Å². The van der Waals surface area contributed by atoms with Crippen molar-refractivity contribution in [1.82, 2.24) is 29.7 Å². The smallest absolute Gasteiger partial charge is 0.178 e. The Morgan fingerprint density at radius 1 is 1.04 bits per heavy atom. The predicted octanol–water partition coefficient (Wildman–Crippen LogP) is 3.04. The second kappa shape index (κ2) is 5.01. The summed E-state index contributed by atoms with van der Waals surface area (Å²) < 4.78 is 1.89. The maximum absolute atomic E-state index is 4.54. The molecule has 0 unspecified atom stereocenters. The average Bonchev–Trinajstić information content (AvgIpc) is 3.12. The number of hydrogen-bond acceptors (Lipinski definition) is 4. The van der Waals surface area contributed by atoms with Crippen LogP contribution in [0.5, 0.6) is 0 Å². The van der Waals surface area contributed by atoms with Crippen LogP contribution in [-0.2, 0) is 7.05 Å². The van der Waals surface area contributed by atoms with Gasteiger partial charge in [-0.25, -0.2) is 9.97 Å². The minimum atomic E-state index is 0.717. The van der Waals surface area contributed by atoms with Gasteiger partial charge in [-0.15, -0.1) is 0 Å². The van der Waals surface area contributed by atoms with E-state index in [-0.39, 0.29) is 0 Å². The molecule has 0 aliphatic rings. The first kappa shape index (κ1) is 13.6. The van der Waals surface area contributed by atoms with Gasteiger partial charge in [-0.3, -0.25) is 9.67 Å². The molecule has 0 amide bonds. The maximum Gasteiger partial charge on any atom is 0.178 e. The van der Waals surface area contributed by atoms with Crippen molar-refractivity contribution in [3.05, 3.63) is 48.3 Å². The molecule has 4 rings (SSSR count). The van der Waals surface area contributed by atoms with Crippen molar-refractivity contribution >= 4 is 11.2 Å². The number of aryl methyl sites for hydroxylation is 2. The number of pyridine rings is 2. The van der Waals surface area contributed by atoms with Gasteiger partial charge in [0.1, 0.15) is 0 Å². The molecule has 1 N–H and O–H groups in total. The molecule has 0 atom stereocenters. The number of aromatic amines is 1. The molecule has 0 bridgehead atoms. The zero-order chi connectivity index (χ0) is 16.0. The van der Waals surface area contributed by atoms with Crippen molar-refractivity contribution in [2.75, 3.05) is 0 Å². The van der Waals surface area contributed by atoms with Gasteiger partial charge in [-0.05, 0) is 37.6 Å². The van der Waals surface area contributed by atoms with Crippen LogP contribution in [0.1, 0.15) is 11.4 Å². The van der Waals surface area contributed by atoms with Crippen LogP contribution in [0.4, 0.5) is 0 Å². The summed E-state index contributed by atoms with van der Waals surface area (Å²) in [6.45, 7) is 4.07. The van der Waals surface area contributed by atoms with Crippen molar-refractivity contribution in [1.29, 1.82) is 0 Å². The summed E-state index contributed by atoms with van der Waals surface area (Å²) in [5.74, 6) is 0. The minimum Gasteiger partial charge on any atom is -0.343 e. The molecular formula is C17H16N6. The molecule has 0 saturated heterocycles. The summed E-state index contributed by atoms with van der Waals surface area (Å²) in [6, 6.07) is 6.08. The van der Waals surface area contributed by atoms with Crippen LogP contribution < -0.4 is 0 Å². The molecule has 0 radical (unpaired) electrons. The van der Waals surface area contributed by atoms with Gasteiger partial charge in [0, 0.05) is 36.3 Å². The first-order valence-corrected chi connectivity index (χ1v) is 7.40. The molecule has 0 saturated carbocycles. The van der Waals surface area contributed by atoms with Gasteiger partial charge in [-0.2, -0.15) is 5.10 Å². The highest BCUT2D eigenvalue weighted by Crippen LogP contribution is 2.30. The van der Waals surface area contributed by atoms with Gasteiger partial charge in [0.2, 0.25) is 0 Å². The summed E-state index contributed by atoms with van der Waals surface area (Å²) in [6.07, 6.45) is 5.27. The molecule has 4 aromatic heterocycles. The third kappa shape index (κ3) is 2.11. The summed E-state index contributed by atoms with van der Waals surface area (Å²) in [5.41, 5.74) is 7.90. The fourth-order valence-electron chi connectivity index (χ4n) is 2.97. The normalized spacial score (nSPS) is 11.3. The van der Waals surface area contributed by atoms with Crippen LogP contribution in [0.15, 0.2) is 36.9 Å². The van der Waals surface area contributed by atoms with Gasteiger partial charge >= 0.3 is 0 Å². The number of fused-ring (bicyclic) bond motifs is 1. The Labute approximate surface area is 133 Å². The van der Waals surface area contributed by atoms with Crippen molar-refractivity contribution in [2.24, 2.45) is 7.05 Å². The van der Waals surface area contributed by atoms with E-state index in [0.29, 0.717) is 0 Å². The number of imidazole rings is 1. The first-order valence-electron chi connectivity index (χ1n) is 7.40. The minimum absolute atomic E-state index is 0.717. The Hall–Kier alpha value is -3.02. The van der Waals surface area contributed by atoms with E-state index in [0.717, 1.165) is 44.9 Å². The lowest BCUT2D eigenvalue weighted by molar-refractivity contribution is 0.731. The van der Waals surface area contributed by atoms with Crippen molar-refractivity contribution in [3.63, 3.8) is 0 Å². The number of hydrogen-bond donors (Lipinski definition) is 1. The van der Waals surface area contributed by atoms with Crippen LogP contribution in [0.25, 0.3) is 33.5 Å². The van der Waals surface area contributed by atoms with E-state index in [1.807, 2.05) is 37.0 Å². The molecule has 114 valence electrons. The Bertz CT molecular complexity index is 1010. The molecule has 0 aliphatic carbocycles. The lowest BCUT2D eigenvalue weighted by Gasteiger charge is -2.06. The third-order valence-electron chi connectivity index (χ3n) is 4.16. The van der Waals surface area contributed by atoms with Gasteiger partial charge in [0.15, 0.2) is 5.65 Å². The Balaban J connectivity index is 1.91. The highest BCUT2D eigenvalue weighted by Gasteiger charge is 2.14. The van der Waals surface area contributed by atoms with E-state index in [2.05, 4.69) is 38.0 Å². The Kier molecular flexibility index (Phi) is 2.97. The fourth-order valence-corrected chi connectivity index (χ4v) is 2.97. The number of aromatic nitrogens is 6. The topological polar surface area (TPSA) is 72.3 Å². The average molecular weight is 304 g/mol. The van der Waals surface area contributed by atoms with Crippen molar-refractivity contribution in [3.8, 4) is 22.4 Å². The van der Waals surface area contributed by atoms with E-state index >= 15 is 0 Å². The Morgan fingerprint density at radius 2 is 1.87 bits per heavy atom. The Morgan fingerprint density at radius 3 is 2.65 bits per heavy atom. The summed E-state index contributed by atoms with van der Waals surface area (Å²) in [4.78, 5) is 16.2. The van der Waals surface area contributed by atoms with Crippen LogP contribution in [0, 0.1) is 13.8 Å². The van der Waals surface area contributed by atoms with Crippen molar-refractivity contribution in [2.45, 2.75) is 13.8 Å². The number of rotatable bonds is 2. The van der Waals surface area contributed by atoms with E-state index < -0.39 is 0 Å². The molecule has 0 spiro atoms. The summed E-state index contributed by atoms with van der Waals surface area (Å²) >= 11 is 0. The second-order valence-corrected chi connectivity index (χ2v) is 5.56. The summed E-state index contributed by atoms with van der Waals surface area (Å²) in [5, 5.41) is 4.48. The van der Waals surface area contributed by atoms with Crippen LogP contribution in [-0.4, -0.2) is 29.7 Å². The molecule has 4 aromatic rings. The molecule has 23 heavy (non-hydrogen) atoms. The van der Waals surface area contributed by atoms with Gasteiger partial charge in [-0.1, -0.05) is 0 Å².